The van der Waals surface area contributed by atoms with Gasteiger partial charge in [0.2, 0.25) is 15.9 Å². The lowest BCUT2D eigenvalue weighted by Gasteiger charge is -2.29. The molecule has 1 atom stereocenters. The zero-order chi connectivity index (χ0) is 21.2. The van der Waals surface area contributed by atoms with Crippen LogP contribution in [0.3, 0.4) is 0 Å². The number of hydrogen-bond acceptors (Lipinski definition) is 6. The number of hydrogen-bond donors (Lipinski definition) is 2. The second kappa shape index (κ2) is 8.41. The van der Waals surface area contributed by atoms with Crippen LogP contribution in [0, 0.1) is 5.92 Å². The normalized spacial score (nSPS) is 20.1. The van der Waals surface area contributed by atoms with Crippen LogP contribution in [0.1, 0.15) is 30.1 Å². The summed E-state index contributed by atoms with van der Waals surface area (Å²) in [6, 6.07) is 4.77. The monoisotopic (exact) mass is 443 g/mol. The molecule has 2 amide bonds. The molecular formula is C18H25N3O6S2. The molecule has 0 radical (unpaired) electrons. The Kier molecular flexibility index (Phi) is 6.30. The maximum Gasteiger partial charge on any atom is 0.251 e. The summed E-state index contributed by atoms with van der Waals surface area (Å²) in [5, 5.41) is 2.56. The van der Waals surface area contributed by atoms with Gasteiger partial charge in [0.1, 0.15) is 6.04 Å². The van der Waals surface area contributed by atoms with E-state index in [-0.39, 0.29) is 41.0 Å². The fourth-order valence-corrected chi connectivity index (χ4v) is 5.35. The summed E-state index contributed by atoms with van der Waals surface area (Å²) in [5.41, 5.74) is 0.125. The number of nitrogens with zero attached hydrogens (tertiary/aromatic N) is 1. The summed E-state index contributed by atoms with van der Waals surface area (Å²) < 4.78 is 50.3. The molecule has 0 spiro atoms. The molecule has 160 valence electrons. The molecule has 0 bridgehead atoms. The molecule has 1 aliphatic carbocycles. The summed E-state index contributed by atoms with van der Waals surface area (Å²) >= 11 is 0. The number of sulfone groups is 1. The molecule has 0 aromatic heterocycles. The topological polar surface area (TPSA) is 130 Å². The third-order valence-electron chi connectivity index (χ3n) is 5.04. The first-order valence-electron chi connectivity index (χ1n) is 9.47. The van der Waals surface area contributed by atoms with Gasteiger partial charge in [0, 0.05) is 25.2 Å². The van der Waals surface area contributed by atoms with E-state index in [0.29, 0.717) is 12.5 Å². The summed E-state index contributed by atoms with van der Waals surface area (Å²) in [6.07, 6.45) is 2.03. The molecule has 1 unspecified atom stereocenters. The minimum absolute atomic E-state index is 0.00832. The molecule has 2 aliphatic rings. The third-order valence-corrected chi connectivity index (χ3v) is 8.07. The first-order valence-corrected chi connectivity index (χ1v) is 12.8. The van der Waals surface area contributed by atoms with Gasteiger partial charge in [-0.25, -0.2) is 21.6 Å². The molecule has 1 saturated carbocycles. The predicted octanol–water partition coefficient (Wildman–Crippen LogP) is -0.250. The maximum absolute atomic E-state index is 12.5. The minimum atomic E-state index is -3.71. The van der Waals surface area contributed by atoms with E-state index >= 15 is 0 Å². The number of nitrogens with one attached hydrogen (secondary N) is 2. The fourth-order valence-electron chi connectivity index (χ4n) is 2.99. The summed E-state index contributed by atoms with van der Waals surface area (Å²) in [5.74, 6) is -0.744. The Balaban J connectivity index is 1.62. The van der Waals surface area contributed by atoms with Gasteiger partial charge in [-0.3, -0.25) is 9.59 Å². The Morgan fingerprint density at radius 2 is 1.86 bits per heavy atom. The van der Waals surface area contributed by atoms with Crippen LogP contribution in [0.4, 0.5) is 0 Å². The number of carbonyl (C=O) groups excluding carboxylic acids is 2. The lowest BCUT2D eigenvalue weighted by molar-refractivity contribution is -0.132. The summed E-state index contributed by atoms with van der Waals surface area (Å²) in [7, 11) is -6.82. The van der Waals surface area contributed by atoms with Gasteiger partial charge in [0.25, 0.3) is 5.91 Å². The van der Waals surface area contributed by atoms with Crippen LogP contribution in [-0.2, 0) is 24.7 Å². The van der Waals surface area contributed by atoms with Gasteiger partial charge < -0.3 is 10.2 Å². The minimum Gasteiger partial charge on any atom is -0.341 e. The molecule has 29 heavy (non-hydrogen) atoms. The molecule has 1 aliphatic heterocycles. The van der Waals surface area contributed by atoms with Crippen molar-refractivity contribution in [2.24, 2.45) is 5.92 Å². The van der Waals surface area contributed by atoms with Crippen molar-refractivity contribution < 1.29 is 26.4 Å². The Hall–Kier alpha value is -1.98. The Morgan fingerprint density at radius 1 is 1.21 bits per heavy atom. The average molecular weight is 444 g/mol. The highest BCUT2D eigenvalue weighted by molar-refractivity contribution is 7.91. The lowest BCUT2D eigenvalue weighted by Crippen LogP contribution is -2.51. The SMILES string of the molecule is CC(NC(=O)c1cccc(S(=O)(=O)NCC2CC2)c1)C(=O)N1CCS(=O)(=O)CC1. The van der Waals surface area contributed by atoms with Crippen molar-refractivity contribution >= 4 is 31.7 Å². The largest absolute Gasteiger partial charge is 0.341 e. The fraction of sp³-hybridized carbons (Fsp3) is 0.556. The van der Waals surface area contributed by atoms with E-state index < -0.39 is 31.8 Å². The molecule has 11 heteroatoms. The molecule has 2 fully saturated rings. The smallest absolute Gasteiger partial charge is 0.251 e. The first kappa shape index (κ1) is 21.7. The second-order valence-corrected chi connectivity index (χ2v) is 11.6. The highest BCUT2D eigenvalue weighted by Crippen LogP contribution is 2.28. The van der Waals surface area contributed by atoms with Gasteiger partial charge in [-0.05, 0) is 43.9 Å². The molecule has 3 rings (SSSR count). The van der Waals surface area contributed by atoms with Crippen molar-refractivity contribution in [3.05, 3.63) is 29.8 Å². The van der Waals surface area contributed by atoms with E-state index in [1.165, 1.54) is 36.1 Å². The van der Waals surface area contributed by atoms with Crippen LogP contribution >= 0.6 is 0 Å². The van der Waals surface area contributed by atoms with Gasteiger partial charge in [0.05, 0.1) is 16.4 Å². The number of rotatable bonds is 7. The van der Waals surface area contributed by atoms with Crippen LogP contribution in [-0.4, -0.2) is 70.7 Å². The maximum atomic E-state index is 12.5. The second-order valence-electron chi connectivity index (χ2n) is 7.50. The molecule has 9 nitrogen and oxygen atoms in total. The van der Waals surface area contributed by atoms with E-state index in [1.807, 2.05) is 0 Å². The van der Waals surface area contributed by atoms with Crippen LogP contribution < -0.4 is 10.0 Å². The molecule has 1 heterocycles. The third kappa shape index (κ3) is 5.77. The number of amides is 2. The lowest BCUT2D eigenvalue weighted by atomic mass is 10.2. The molecule has 2 N–H and O–H groups in total. The van der Waals surface area contributed by atoms with Crippen molar-refractivity contribution in [2.45, 2.75) is 30.7 Å². The highest BCUT2D eigenvalue weighted by Gasteiger charge is 2.29. The van der Waals surface area contributed by atoms with Gasteiger partial charge >= 0.3 is 0 Å². The van der Waals surface area contributed by atoms with Crippen molar-refractivity contribution in [1.29, 1.82) is 0 Å². The predicted molar refractivity (Wildman–Crippen MR) is 107 cm³/mol. The molecule has 1 saturated heterocycles. The van der Waals surface area contributed by atoms with Gasteiger partial charge in [-0.15, -0.1) is 0 Å². The van der Waals surface area contributed by atoms with E-state index in [4.69, 9.17) is 0 Å². The Morgan fingerprint density at radius 3 is 2.48 bits per heavy atom. The van der Waals surface area contributed by atoms with E-state index in [0.717, 1.165) is 12.8 Å². The van der Waals surface area contributed by atoms with Gasteiger partial charge in [-0.2, -0.15) is 0 Å². The van der Waals surface area contributed by atoms with E-state index in [9.17, 15) is 26.4 Å². The molecule has 1 aromatic carbocycles. The summed E-state index contributed by atoms with van der Waals surface area (Å²) in [6.45, 7) is 2.10. The summed E-state index contributed by atoms with van der Waals surface area (Å²) in [4.78, 5) is 26.4. The van der Waals surface area contributed by atoms with E-state index in [1.54, 1.807) is 0 Å². The zero-order valence-electron chi connectivity index (χ0n) is 16.1. The van der Waals surface area contributed by atoms with Crippen molar-refractivity contribution in [3.8, 4) is 0 Å². The van der Waals surface area contributed by atoms with Gasteiger partial charge in [-0.1, -0.05) is 6.07 Å². The zero-order valence-corrected chi connectivity index (χ0v) is 17.8. The number of carbonyl (C=O) groups is 2. The van der Waals surface area contributed by atoms with Crippen molar-refractivity contribution in [2.75, 3.05) is 31.1 Å². The first-order chi connectivity index (χ1) is 13.6. The van der Waals surface area contributed by atoms with Crippen LogP contribution in [0.5, 0.6) is 0 Å². The Bertz CT molecular complexity index is 988. The standard InChI is InChI=1S/C18H25N3O6S2/c1-13(18(23)21-7-9-28(24,25)10-8-21)20-17(22)15-3-2-4-16(11-15)29(26,27)19-12-14-5-6-14/h2-4,11,13-14,19H,5-10,12H2,1H3,(H,20,22). The van der Waals surface area contributed by atoms with Crippen molar-refractivity contribution in [3.63, 3.8) is 0 Å². The Labute approximate surface area is 170 Å². The average Bonchev–Trinajstić information content (AvgIpc) is 3.50. The number of benzene rings is 1. The van der Waals surface area contributed by atoms with Gasteiger partial charge in [0.15, 0.2) is 9.84 Å². The number of sulfonamides is 1. The quantitative estimate of drug-likeness (QED) is 0.598. The van der Waals surface area contributed by atoms with Crippen molar-refractivity contribution in [1.82, 2.24) is 14.9 Å². The van der Waals surface area contributed by atoms with E-state index in [2.05, 4.69) is 10.0 Å². The highest BCUT2D eigenvalue weighted by atomic mass is 32.2. The molecule has 1 aromatic rings. The molecular weight excluding hydrogens is 418 g/mol. The van der Waals surface area contributed by atoms with Crippen LogP contribution in [0.15, 0.2) is 29.2 Å². The van der Waals surface area contributed by atoms with Crippen LogP contribution in [0.25, 0.3) is 0 Å². The van der Waals surface area contributed by atoms with Crippen LogP contribution in [0.2, 0.25) is 0 Å².